The van der Waals surface area contributed by atoms with Crippen LogP contribution >= 0.6 is 22.7 Å². The van der Waals surface area contributed by atoms with E-state index in [0.717, 1.165) is 5.69 Å². The monoisotopic (exact) mass is 210 g/mol. The van der Waals surface area contributed by atoms with Crippen molar-refractivity contribution in [2.45, 2.75) is 13.0 Å². The molecule has 0 bridgehead atoms. The largest absolute Gasteiger partial charge is 0.318 e. The van der Waals surface area contributed by atoms with E-state index in [4.69, 9.17) is 5.73 Å². The highest BCUT2D eigenvalue weighted by molar-refractivity contribution is 7.10. The fraction of sp³-hybridized carbons (Fsp3) is 0.222. The number of aromatic nitrogens is 1. The van der Waals surface area contributed by atoms with Crippen LogP contribution in [0.15, 0.2) is 22.3 Å². The average Bonchev–Trinajstić information content (AvgIpc) is 2.72. The van der Waals surface area contributed by atoms with E-state index in [1.807, 2.05) is 10.9 Å². The SMILES string of the molecule is Cc1ccsc1C(N)c1cscn1. The van der Waals surface area contributed by atoms with Gasteiger partial charge in [0.25, 0.3) is 0 Å². The second kappa shape index (κ2) is 3.57. The minimum atomic E-state index is -0.0498. The Morgan fingerprint density at radius 1 is 1.54 bits per heavy atom. The number of rotatable bonds is 2. The minimum absolute atomic E-state index is 0.0498. The van der Waals surface area contributed by atoms with Crippen molar-refractivity contribution < 1.29 is 0 Å². The van der Waals surface area contributed by atoms with E-state index in [1.165, 1.54) is 10.4 Å². The van der Waals surface area contributed by atoms with Gasteiger partial charge in [-0.25, -0.2) is 4.98 Å². The van der Waals surface area contributed by atoms with Crippen molar-refractivity contribution in [3.8, 4) is 0 Å². The molecule has 0 aromatic carbocycles. The van der Waals surface area contributed by atoms with Gasteiger partial charge in [-0.2, -0.15) is 0 Å². The number of nitrogens with two attached hydrogens (primary N) is 1. The Labute approximate surface area is 85.1 Å². The van der Waals surface area contributed by atoms with Gasteiger partial charge in [-0.05, 0) is 23.9 Å². The molecule has 2 N–H and O–H groups in total. The summed E-state index contributed by atoms with van der Waals surface area (Å²) < 4.78 is 0. The second-order valence-electron chi connectivity index (χ2n) is 2.86. The molecule has 2 rings (SSSR count). The summed E-state index contributed by atoms with van der Waals surface area (Å²) in [5.74, 6) is 0. The zero-order valence-corrected chi connectivity index (χ0v) is 8.86. The Kier molecular flexibility index (Phi) is 2.44. The molecular formula is C9H10N2S2. The highest BCUT2D eigenvalue weighted by Crippen LogP contribution is 2.26. The summed E-state index contributed by atoms with van der Waals surface area (Å²) in [5, 5.41) is 4.07. The minimum Gasteiger partial charge on any atom is -0.318 e. The first-order valence-corrected chi connectivity index (χ1v) is 5.79. The number of thiophene rings is 1. The first-order chi connectivity index (χ1) is 6.29. The molecule has 0 spiro atoms. The maximum absolute atomic E-state index is 6.06. The summed E-state index contributed by atoms with van der Waals surface area (Å²) in [7, 11) is 0. The van der Waals surface area contributed by atoms with Crippen molar-refractivity contribution in [1.82, 2.24) is 4.98 Å². The Balaban J connectivity index is 2.33. The van der Waals surface area contributed by atoms with Gasteiger partial charge >= 0.3 is 0 Å². The Bertz CT molecular complexity index is 378. The molecular weight excluding hydrogens is 200 g/mol. The van der Waals surface area contributed by atoms with Crippen LogP contribution in [0.25, 0.3) is 0 Å². The van der Waals surface area contributed by atoms with E-state index in [0.29, 0.717) is 0 Å². The predicted molar refractivity (Wildman–Crippen MR) is 57.2 cm³/mol. The molecule has 0 fully saturated rings. The van der Waals surface area contributed by atoms with Crippen molar-refractivity contribution >= 4 is 22.7 Å². The van der Waals surface area contributed by atoms with Gasteiger partial charge in [0.2, 0.25) is 0 Å². The molecule has 2 aromatic heterocycles. The maximum Gasteiger partial charge on any atom is 0.0831 e. The molecule has 1 unspecified atom stereocenters. The number of hydrogen-bond donors (Lipinski definition) is 1. The molecule has 68 valence electrons. The lowest BCUT2D eigenvalue weighted by Gasteiger charge is -2.07. The first-order valence-electron chi connectivity index (χ1n) is 3.96. The summed E-state index contributed by atoms with van der Waals surface area (Å²) in [5.41, 5.74) is 10.1. The van der Waals surface area contributed by atoms with Gasteiger partial charge in [-0.1, -0.05) is 0 Å². The summed E-state index contributed by atoms with van der Waals surface area (Å²) in [6.07, 6.45) is 0. The van der Waals surface area contributed by atoms with E-state index in [-0.39, 0.29) is 6.04 Å². The van der Waals surface area contributed by atoms with E-state index >= 15 is 0 Å². The molecule has 0 saturated carbocycles. The highest BCUT2D eigenvalue weighted by Gasteiger charge is 2.13. The van der Waals surface area contributed by atoms with Crippen molar-refractivity contribution in [1.29, 1.82) is 0 Å². The molecule has 13 heavy (non-hydrogen) atoms. The molecule has 2 heterocycles. The van der Waals surface area contributed by atoms with Crippen LogP contribution in [0.1, 0.15) is 22.2 Å². The summed E-state index contributed by atoms with van der Waals surface area (Å²) in [6, 6.07) is 2.04. The van der Waals surface area contributed by atoms with Crippen molar-refractivity contribution in [2.75, 3.05) is 0 Å². The fourth-order valence-electron chi connectivity index (χ4n) is 1.21. The van der Waals surface area contributed by atoms with Crippen LogP contribution < -0.4 is 5.73 Å². The number of thiazole rings is 1. The number of hydrogen-bond acceptors (Lipinski definition) is 4. The lowest BCUT2D eigenvalue weighted by Crippen LogP contribution is -2.11. The van der Waals surface area contributed by atoms with Crippen LogP contribution in [-0.2, 0) is 0 Å². The molecule has 0 aliphatic carbocycles. The molecule has 0 amide bonds. The maximum atomic E-state index is 6.06. The molecule has 0 radical (unpaired) electrons. The van der Waals surface area contributed by atoms with Gasteiger partial charge in [-0.15, -0.1) is 22.7 Å². The van der Waals surface area contributed by atoms with Gasteiger partial charge in [0.05, 0.1) is 17.2 Å². The lowest BCUT2D eigenvalue weighted by atomic mass is 10.1. The van der Waals surface area contributed by atoms with Crippen LogP contribution in [0.3, 0.4) is 0 Å². The van der Waals surface area contributed by atoms with Gasteiger partial charge in [-0.3, -0.25) is 0 Å². The quantitative estimate of drug-likeness (QED) is 0.827. The van der Waals surface area contributed by atoms with Gasteiger partial charge in [0.1, 0.15) is 0 Å². The number of aryl methyl sites for hydroxylation is 1. The third kappa shape index (κ3) is 1.65. The molecule has 4 heteroatoms. The highest BCUT2D eigenvalue weighted by atomic mass is 32.1. The van der Waals surface area contributed by atoms with Gasteiger partial charge < -0.3 is 5.73 Å². The summed E-state index contributed by atoms with van der Waals surface area (Å²) in [4.78, 5) is 5.43. The molecule has 0 aliphatic rings. The topological polar surface area (TPSA) is 38.9 Å². The Morgan fingerprint density at radius 2 is 2.38 bits per heavy atom. The second-order valence-corrected chi connectivity index (χ2v) is 4.53. The average molecular weight is 210 g/mol. The third-order valence-electron chi connectivity index (χ3n) is 1.95. The smallest absolute Gasteiger partial charge is 0.0831 e. The van der Waals surface area contributed by atoms with Gasteiger partial charge in [0, 0.05) is 10.3 Å². The van der Waals surface area contributed by atoms with Crippen LogP contribution in [-0.4, -0.2) is 4.98 Å². The normalized spacial score (nSPS) is 13.1. The Hall–Kier alpha value is -0.710. The standard InChI is InChI=1S/C9H10N2S2/c1-6-2-3-13-9(6)8(10)7-4-12-5-11-7/h2-5,8H,10H2,1H3. The lowest BCUT2D eigenvalue weighted by molar-refractivity contribution is 0.851. The van der Waals surface area contributed by atoms with E-state index in [1.54, 1.807) is 22.7 Å². The van der Waals surface area contributed by atoms with Gasteiger partial charge in [0.15, 0.2) is 0 Å². The van der Waals surface area contributed by atoms with Crippen molar-refractivity contribution in [3.05, 3.63) is 38.5 Å². The molecule has 0 saturated heterocycles. The van der Waals surface area contributed by atoms with E-state index < -0.39 is 0 Å². The van der Waals surface area contributed by atoms with Crippen LogP contribution in [0.5, 0.6) is 0 Å². The fourth-order valence-corrected chi connectivity index (χ4v) is 2.74. The summed E-state index contributed by atoms with van der Waals surface area (Å²) >= 11 is 3.28. The van der Waals surface area contributed by atoms with Crippen LogP contribution in [0.2, 0.25) is 0 Å². The molecule has 1 atom stereocenters. The van der Waals surface area contributed by atoms with Crippen LogP contribution in [0, 0.1) is 6.92 Å². The first kappa shape index (κ1) is 8.87. The molecule has 2 aromatic rings. The van der Waals surface area contributed by atoms with Crippen molar-refractivity contribution in [3.63, 3.8) is 0 Å². The zero-order chi connectivity index (χ0) is 9.26. The number of nitrogens with zero attached hydrogens (tertiary/aromatic N) is 1. The Morgan fingerprint density at radius 3 is 2.92 bits per heavy atom. The van der Waals surface area contributed by atoms with Crippen LogP contribution in [0.4, 0.5) is 0 Å². The van der Waals surface area contributed by atoms with Crippen molar-refractivity contribution in [2.24, 2.45) is 5.73 Å². The third-order valence-corrected chi connectivity index (χ3v) is 3.66. The van der Waals surface area contributed by atoms with E-state index in [2.05, 4.69) is 23.4 Å². The molecule has 2 nitrogen and oxygen atoms in total. The zero-order valence-electron chi connectivity index (χ0n) is 7.23. The summed E-state index contributed by atoms with van der Waals surface area (Å²) in [6.45, 7) is 2.08. The molecule has 0 aliphatic heterocycles. The predicted octanol–water partition coefficient (Wildman–Crippen LogP) is 2.56. The van der Waals surface area contributed by atoms with E-state index in [9.17, 15) is 0 Å².